The van der Waals surface area contributed by atoms with E-state index in [1.54, 1.807) is 34.8 Å². The first-order valence-corrected chi connectivity index (χ1v) is 4.00. The number of halogens is 4. The molecule has 1 aromatic rings. The monoisotopic (exact) mass is 226 g/mol. The summed E-state index contributed by atoms with van der Waals surface area (Å²) >= 11 is 0. The van der Waals surface area contributed by atoms with Crippen LogP contribution in [0.2, 0.25) is 0 Å². The van der Waals surface area contributed by atoms with E-state index in [1.807, 2.05) is 6.20 Å². The van der Waals surface area contributed by atoms with Crippen molar-refractivity contribution in [3.05, 3.63) is 25.3 Å². The van der Waals surface area contributed by atoms with Crippen molar-refractivity contribution in [1.29, 1.82) is 0 Å². The van der Waals surface area contributed by atoms with Crippen molar-refractivity contribution in [2.24, 2.45) is 0 Å². The molecule has 1 heterocycles. The molecular formula is C7H11BF4N2O. The minimum absolute atomic E-state index is 0.471. The van der Waals surface area contributed by atoms with Crippen LogP contribution in [0.1, 0.15) is 13.2 Å². The van der Waals surface area contributed by atoms with E-state index in [0.717, 1.165) is 0 Å². The number of rotatable bonds is 2. The van der Waals surface area contributed by atoms with Crippen molar-refractivity contribution in [1.82, 2.24) is 4.57 Å². The van der Waals surface area contributed by atoms with Crippen molar-refractivity contribution in [2.45, 2.75) is 13.2 Å². The lowest BCUT2D eigenvalue weighted by Crippen LogP contribution is -2.34. The molecule has 3 nitrogen and oxygen atoms in total. The van der Waals surface area contributed by atoms with Crippen LogP contribution in [0, 0.1) is 0 Å². The minimum atomic E-state index is -6.00. The number of hydrogen-bond acceptors (Lipinski definition) is 1. The highest BCUT2D eigenvalue weighted by molar-refractivity contribution is 6.50. The van der Waals surface area contributed by atoms with Crippen LogP contribution < -0.4 is 4.57 Å². The summed E-state index contributed by atoms with van der Waals surface area (Å²) in [6, 6.07) is 0. The van der Waals surface area contributed by atoms with E-state index in [0.29, 0.717) is 0 Å². The second-order valence-corrected chi connectivity index (χ2v) is 2.62. The molecular weight excluding hydrogens is 215 g/mol. The molecule has 0 bridgehead atoms. The van der Waals surface area contributed by atoms with Crippen LogP contribution in [0.3, 0.4) is 0 Å². The Balaban J connectivity index is 0.000000336. The maximum atomic E-state index is 9.75. The van der Waals surface area contributed by atoms with Crippen molar-refractivity contribution in [3.8, 4) is 0 Å². The zero-order valence-corrected chi connectivity index (χ0v) is 8.02. The van der Waals surface area contributed by atoms with Gasteiger partial charge in [-0.15, -0.1) is 0 Å². The average molecular weight is 226 g/mol. The van der Waals surface area contributed by atoms with Gasteiger partial charge in [0, 0.05) is 6.92 Å². The van der Waals surface area contributed by atoms with Gasteiger partial charge in [-0.1, -0.05) is 6.58 Å². The summed E-state index contributed by atoms with van der Waals surface area (Å²) in [6.07, 6.45) is 6.56. The number of imidazole rings is 1. The molecule has 0 fully saturated rings. The van der Waals surface area contributed by atoms with Gasteiger partial charge in [0.25, 0.3) is 6.33 Å². The van der Waals surface area contributed by atoms with E-state index in [-0.39, 0.29) is 0 Å². The summed E-state index contributed by atoms with van der Waals surface area (Å²) in [5.74, 6) is 0. The van der Waals surface area contributed by atoms with E-state index in [4.69, 9.17) is 5.11 Å². The smallest absolute Gasteiger partial charge is 0.418 e. The molecule has 1 rings (SSSR count). The molecule has 0 amide bonds. The molecule has 1 aromatic heterocycles. The van der Waals surface area contributed by atoms with Gasteiger partial charge in [-0.3, -0.25) is 0 Å². The highest BCUT2D eigenvalue weighted by Crippen LogP contribution is 2.06. The molecule has 0 spiro atoms. The van der Waals surface area contributed by atoms with Crippen LogP contribution in [0.5, 0.6) is 0 Å². The Hall–Kier alpha value is -1.31. The van der Waals surface area contributed by atoms with Crippen LogP contribution in [-0.4, -0.2) is 16.9 Å². The lowest BCUT2D eigenvalue weighted by Gasteiger charge is -1.94. The fraction of sp³-hybridized carbons (Fsp3) is 0.286. The normalized spacial score (nSPS) is 12.7. The molecule has 0 aromatic carbocycles. The molecule has 0 aliphatic heterocycles. The lowest BCUT2D eigenvalue weighted by molar-refractivity contribution is -0.755. The van der Waals surface area contributed by atoms with E-state index >= 15 is 0 Å². The van der Waals surface area contributed by atoms with E-state index in [9.17, 15) is 17.3 Å². The molecule has 0 saturated heterocycles. The summed E-state index contributed by atoms with van der Waals surface area (Å²) < 4.78 is 42.5. The Bertz CT molecular complexity index is 304. The minimum Gasteiger partial charge on any atom is -0.418 e. The second kappa shape index (κ2) is 5.55. The summed E-state index contributed by atoms with van der Waals surface area (Å²) in [5.41, 5.74) is 0. The third kappa shape index (κ3) is 7.74. The maximum absolute atomic E-state index is 9.75. The van der Waals surface area contributed by atoms with Crippen LogP contribution in [0.25, 0.3) is 6.20 Å². The molecule has 1 atom stereocenters. The van der Waals surface area contributed by atoms with Gasteiger partial charge in [-0.2, -0.15) is 0 Å². The van der Waals surface area contributed by atoms with Crippen molar-refractivity contribution in [3.63, 3.8) is 0 Å². The first kappa shape index (κ1) is 13.7. The zero-order chi connectivity index (χ0) is 12.1. The van der Waals surface area contributed by atoms with Gasteiger partial charge in [0.15, 0.2) is 6.23 Å². The Morgan fingerprint density at radius 1 is 1.47 bits per heavy atom. The average Bonchev–Trinajstić information content (AvgIpc) is 2.48. The largest absolute Gasteiger partial charge is 0.673 e. The summed E-state index contributed by atoms with van der Waals surface area (Å²) in [4.78, 5) is 0. The highest BCUT2D eigenvalue weighted by atomic mass is 19.5. The summed E-state index contributed by atoms with van der Waals surface area (Å²) in [6.45, 7) is 5.27. The van der Waals surface area contributed by atoms with Gasteiger partial charge in [-0.25, -0.2) is 9.13 Å². The molecule has 86 valence electrons. The topological polar surface area (TPSA) is 29.0 Å². The van der Waals surface area contributed by atoms with Crippen LogP contribution >= 0.6 is 0 Å². The maximum Gasteiger partial charge on any atom is 0.673 e. The number of aliphatic hydroxyl groups excluding tert-OH is 1. The Kier molecular flexibility index (Phi) is 5.06. The Labute approximate surface area is 84.4 Å². The van der Waals surface area contributed by atoms with E-state index in [1.165, 1.54) is 0 Å². The van der Waals surface area contributed by atoms with Crippen molar-refractivity contribution >= 4 is 13.5 Å². The number of nitrogens with zero attached hydrogens (tertiary/aromatic N) is 2. The van der Waals surface area contributed by atoms with Gasteiger partial charge < -0.3 is 22.4 Å². The number of aliphatic hydroxyl groups is 1. The molecule has 1 N–H and O–H groups in total. The predicted molar refractivity (Wildman–Crippen MR) is 48.1 cm³/mol. The number of aromatic nitrogens is 2. The molecule has 1 unspecified atom stereocenters. The standard InChI is InChI=1S/C7H11N2O.BF4/c1-3-8-4-5-9(6-8)7(2)10;2-1(3,4)5/h3-7,10H,1H2,2H3;/q+1;-1. The first-order chi connectivity index (χ1) is 6.74. The summed E-state index contributed by atoms with van der Waals surface area (Å²) in [7, 11) is -6.00. The fourth-order valence-corrected chi connectivity index (χ4v) is 0.714. The molecule has 0 aliphatic carbocycles. The van der Waals surface area contributed by atoms with Crippen molar-refractivity contribution < 1.29 is 26.9 Å². The van der Waals surface area contributed by atoms with Crippen LogP contribution in [0.4, 0.5) is 17.3 Å². The Morgan fingerprint density at radius 2 is 1.93 bits per heavy atom. The van der Waals surface area contributed by atoms with Gasteiger partial charge in [0.05, 0.1) is 6.20 Å². The lowest BCUT2D eigenvalue weighted by atomic mass is 10.3. The third-order valence-electron chi connectivity index (χ3n) is 1.32. The molecule has 0 radical (unpaired) electrons. The fourth-order valence-electron chi connectivity index (χ4n) is 0.714. The van der Waals surface area contributed by atoms with Gasteiger partial charge in [0.1, 0.15) is 12.4 Å². The summed E-state index contributed by atoms with van der Waals surface area (Å²) in [5, 5.41) is 9.05. The van der Waals surface area contributed by atoms with Crippen LogP contribution in [0.15, 0.2) is 25.3 Å². The first-order valence-electron chi connectivity index (χ1n) is 4.00. The highest BCUT2D eigenvalue weighted by Gasteiger charge is 2.20. The Morgan fingerprint density at radius 3 is 2.13 bits per heavy atom. The predicted octanol–water partition coefficient (Wildman–Crippen LogP) is 1.69. The van der Waals surface area contributed by atoms with Gasteiger partial charge in [0.2, 0.25) is 0 Å². The third-order valence-corrected chi connectivity index (χ3v) is 1.32. The second-order valence-electron chi connectivity index (χ2n) is 2.62. The van der Waals surface area contributed by atoms with E-state index in [2.05, 4.69) is 6.58 Å². The SMILES string of the molecule is C=Cn1cc[n+](C(C)O)c1.F[B-](F)(F)F. The van der Waals surface area contributed by atoms with E-state index < -0.39 is 13.5 Å². The molecule has 0 aliphatic rings. The van der Waals surface area contributed by atoms with Crippen molar-refractivity contribution in [2.75, 3.05) is 0 Å². The van der Waals surface area contributed by atoms with Gasteiger partial charge >= 0.3 is 7.25 Å². The zero-order valence-electron chi connectivity index (χ0n) is 8.02. The number of hydrogen-bond donors (Lipinski definition) is 1. The quantitative estimate of drug-likeness (QED) is 0.464. The molecule has 15 heavy (non-hydrogen) atoms. The van der Waals surface area contributed by atoms with Gasteiger partial charge in [-0.05, 0) is 0 Å². The van der Waals surface area contributed by atoms with Crippen LogP contribution in [-0.2, 0) is 0 Å². The molecule has 8 heteroatoms. The molecule has 0 saturated carbocycles.